The van der Waals surface area contributed by atoms with Gasteiger partial charge in [0.05, 0.1) is 22.4 Å². The van der Waals surface area contributed by atoms with Crippen molar-refractivity contribution in [3.63, 3.8) is 0 Å². The number of amides is 2. The zero-order valence-electron chi connectivity index (χ0n) is 13.5. The molecule has 122 valence electrons. The summed E-state index contributed by atoms with van der Waals surface area (Å²) < 4.78 is 0. The number of benzene rings is 1. The van der Waals surface area contributed by atoms with Gasteiger partial charge < -0.3 is 10.6 Å². The summed E-state index contributed by atoms with van der Waals surface area (Å²) in [6, 6.07) is 10.2. The molecule has 1 unspecified atom stereocenters. The zero-order chi connectivity index (χ0) is 17.5. The third-order valence-electron chi connectivity index (χ3n) is 3.55. The number of rotatable bonds is 5. The van der Waals surface area contributed by atoms with Crippen LogP contribution in [0.2, 0.25) is 0 Å². The van der Waals surface area contributed by atoms with E-state index in [1.54, 1.807) is 24.3 Å². The zero-order valence-corrected chi connectivity index (χ0v) is 13.5. The first-order valence-electron chi connectivity index (χ1n) is 7.61. The van der Waals surface area contributed by atoms with Crippen LogP contribution in [-0.4, -0.2) is 22.8 Å². The van der Waals surface area contributed by atoms with Crippen LogP contribution in [0.3, 0.4) is 0 Å². The molecule has 2 amide bonds. The van der Waals surface area contributed by atoms with E-state index in [0.717, 1.165) is 6.42 Å². The molecule has 0 radical (unpaired) electrons. The van der Waals surface area contributed by atoms with Crippen LogP contribution in [0, 0.1) is 11.3 Å². The normalized spacial score (nSPS) is 11.2. The fourth-order valence-corrected chi connectivity index (χ4v) is 1.98. The van der Waals surface area contributed by atoms with Crippen molar-refractivity contribution in [2.24, 2.45) is 0 Å². The highest BCUT2D eigenvalue weighted by Crippen LogP contribution is 2.15. The van der Waals surface area contributed by atoms with Crippen LogP contribution in [0.5, 0.6) is 0 Å². The number of nitriles is 1. The Morgan fingerprint density at radius 2 is 1.88 bits per heavy atom. The van der Waals surface area contributed by atoms with Crippen LogP contribution >= 0.6 is 0 Å². The second kappa shape index (κ2) is 7.88. The molecule has 0 spiro atoms. The quantitative estimate of drug-likeness (QED) is 0.885. The molecule has 6 nitrogen and oxygen atoms in total. The predicted molar refractivity (Wildman–Crippen MR) is 90.6 cm³/mol. The summed E-state index contributed by atoms with van der Waals surface area (Å²) in [6.45, 7) is 3.88. The Kier molecular flexibility index (Phi) is 5.63. The Hall–Kier alpha value is -3.20. The van der Waals surface area contributed by atoms with E-state index < -0.39 is 5.91 Å². The van der Waals surface area contributed by atoms with Crippen molar-refractivity contribution in [1.82, 2.24) is 10.3 Å². The summed E-state index contributed by atoms with van der Waals surface area (Å²) in [7, 11) is 0. The summed E-state index contributed by atoms with van der Waals surface area (Å²) in [4.78, 5) is 28.4. The molecule has 0 saturated heterocycles. The highest BCUT2D eigenvalue weighted by molar-refractivity contribution is 6.06. The van der Waals surface area contributed by atoms with Crippen molar-refractivity contribution < 1.29 is 9.59 Å². The van der Waals surface area contributed by atoms with Gasteiger partial charge in [0.25, 0.3) is 11.8 Å². The first-order chi connectivity index (χ1) is 11.5. The molecule has 0 saturated carbocycles. The molecule has 24 heavy (non-hydrogen) atoms. The number of anilines is 1. The maximum atomic E-state index is 12.3. The number of hydrogen-bond donors (Lipinski definition) is 2. The number of aromatic nitrogens is 1. The minimum absolute atomic E-state index is 0.0393. The SMILES string of the molecule is CCC(C)NC(=O)c1cncc(C(=O)Nc2ccccc2C#N)c1. The van der Waals surface area contributed by atoms with Gasteiger partial charge in [0.2, 0.25) is 0 Å². The number of hydrogen-bond acceptors (Lipinski definition) is 4. The molecule has 1 aromatic carbocycles. The van der Waals surface area contributed by atoms with Gasteiger partial charge in [-0.25, -0.2) is 0 Å². The monoisotopic (exact) mass is 322 g/mol. The van der Waals surface area contributed by atoms with Gasteiger partial charge in [0.15, 0.2) is 0 Å². The summed E-state index contributed by atoms with van der Waals surface area (Å²) >= 11 is 0. The third kappa shape index (κ3) is 4.17. The van der Waals surface area contributed by atoms with E-state index in [1.165, 1.54) is 18.5 Å². The lowest BCUT2D eigenvalue weighted by molar-refractivity contribution is 0.0939. The molecule has 1 aromatic heterocycles. The second-order valence-electron chi connectivity index (χ2n) is 5.36. The van der Waals surface area contributed by atoms with E-state index in [4.69, 9.17) is 5.26 Å². The van der Waals surface area contributed by atoms with Gasteiger partial charge in [-0.1, -0.05) is 19.1 Å². The predicted octanol–water partition coefficient (Wildman–Crippen LogP) is 2.73. The average molecular weight is 322 g/mol. The van der Waals surface area contributed by atoms with Crippen molar-refractivity contribution in [1.29, 1.82) is 5.26 Å². The van der Waals surface area contributed by atoms with E-state index in [2.05, 4.69) is 15.6 Å². The van der Waals surface area contributed by atoms with Crippen molar-refractivity contribution in [3.8, 4) is 6.07 Å². The Morgan fingerprint density at radius 3 is 2.54 bits per heavy atom. The standard InChI is InChI=1S/C18H18N4O2/c1-3-12(2)21-17(23)14-8-15(11-20-10-14)18(24)22-16-7-5-4-6-13(16)9-19/h4-8,10-12H,3H2,1-2H3,(H,21,23)(H,22,24). The Morgan fingerprint density at radius 1 is 1.21 bits per heavy atom. The maximum absolute atomic E-state index is 12.3. The Bertz CT molecular complexity index is 796. The number of carbonyl (C=O) groups is 2. The highest BCUT2D eigenvalue weighted by atomic mass is 16.2. The van der Waals surface area contributed by atoms with E-state index in [9.17, 15) is 9.59 Å². The summed E-state index contributed by atoms with van der Waals surface area (Å²) in [5.74, 6) is -0.702. The van der Waals surface area contributed by atoms with Crippen LogP contribution in [0.25, 0.3) is 0 Å². The first-order valence-corrected chi connectivity index (χ1v) is 7.61. The lowest BCUT2D eigenvalue weighted by atomic mass is 10.1. The number of pyridine rings is 1. The van der Waals surface area contributed by atoms with Gasteiger partial charge in [-0.2, -0.15) is 5.26 Å². The molecule has 0 aliphatic carbocycles. The highest BCUT2D eigenvalue weighted by Gasteiger charge is 2.14. The molecule has 1 heterocycles. The van der Waals surface area contributed by atoms with Crippen molar-refractivity contribution in [2.75, 3.05) is 5.32 Å². The molecule has 2 N–H and O–H groups in total. The van der Waals surface area contributed by atoms with Crippen molar-refractivity contribution >= 4 is 17.5 Å². The fourth-order valence-electron chi connectivity index (χ4n) is 1.98. The maximum Gasteiger partial charge on any atom is 0.257 e. The minimum Gasteiger partial charge on any atom is -0.350 e. The van der Waals surface area contributed by atoms with Crippen molar-refractivity contribution in [3.05, 3.63) is 59.4 Å². The van der Waals surface area contributed by atoms with Crippen LogP contribution in [-0.2, 0) is 0 Å². The van der Waals surface area contributed by atoms with E-state index in [-0.39, 0.29) is 17.5 Å². The third-order valence-corrected chi connectivity index (χ3v) is 3.55. The van der Waals surface area contributed by atoms with Gasteiger partial charge >= 0.3 is 0 Å². The lowest BCUT2D eigenvalue weighted by Crippen LogP contribution is -2.32. The lowest BCUT2D eigenvalue weighted by Gasteiger charge is -2.12. The Labute approximate surface area is 140 Å². The first kappa shape index (κ1) is 17.2. The van der Waals surface area contributed by atoms with Crippen LogP contribution in [0.1, 0.15) is 46.5 Å². The second-order valence-corrected chi connectivity index (χ2v) is 5.36. The molecule has 0 fully saturated rings. The molecule has 1 atom stereocenters. The van der Waals surface area contributed by atoms with Crippen LogP contribution in [0.15, 0.2) is 42.7 Å². The van der Waals surface area contributed by atoms with E-state index in [0.29, 0.717) is 16.8 Å². The fraction of sp³-hybridized carbons (Fsp3) is 0.222. The minimum atomic E-state index is -0.427. The molecule has 0 aliphatic rings. The summed E-state index contributed by atoms with van der Waals surface area (Å²) in [6.07, 6.45) is 3.60. The number of carbonyl (C=O) groups excluding carboxylic acids is 2. The topological polar surface area (TPSA) is 94.9 Å². The molecule has 0 bridgehead atoms. The van der Waals surface area contributed by atoms with Crippen LogP contribution < -0.4 is 10.6 Å². The van der Waals surface area contributed by atoms with Gasteiger partial charge in [0, 0.05) is 18.4 Å². The summed E-state index contributed by atoms with van der Waals surface area (Å²) in [5.41, 5.74) is 1.35. The van der Waals surface area contributed by atoms with Gasteiger partial charge in [0.1, 0.15) is 6.07 Å². The molecule has 2 rings (SSSR count). The number of nitrogens with zero attached hydrogens (tertiary/aromatic N) is 2. The summed E-state index contributed by atoms with van der Waals surface area (Å²) in [5, 5.41) is 14.5. The van der Waals surface area contributed by atoms with Gasteiger partial charge in [-0.05, 0) is 31.5 Å². The molecule has 0 aliphatic heterocycles. The van der Waals surface area contributed by atoms with Crippen molar-refractivity contribution in [2.45, 2.75) is 26.3 Å². The van der Waals surface area contributed by atoms with E-state index in [1.807, 2.05) is 19.9 Å². The molecule has 2 aromatic rings. The smallest absolute Gasteiger partial charge is 0.257 e. The van der Waals surface area contributed by atoms with Gasteiger partial charge in [-0.3, -0.25) is 14.6 Å². The molecular formula is C18H18N4O2. The molecule has 6 heteroatoms. The molecular weight excluding hydrogens is 304 g/mol. The Balaban J connectivity index is 2.17. The largest absolute Gasteiger partial charge is 0.350 e. The van der Waals surface area contributed by atoms with Crippen LogP contribution in [0.4, 0.5) is 5.69 Å². The number of para-hydroxylation sites is 1. The average Bonchev–Trinajstić information content (AvgIpc) is 2.62. The van der Waals surface area contributed by atoms with Gasteiger partial charge in [-0.15, -0.1) is 0 Å². The van der Waals surface area contributed by atoms with E-state index >= 15 is 0 Å². The number of nitrogens with one attached hydrogen (secondary N) is 2.